The van der Waals surface area contributed by atoms with E-state index in [0.717, 1.165) is 15.6 Å². The van der Waals surface area contributed by atoms with Gasteiger partial charge < -0.3 is 20.3 Å². The molecule has 0 aliphatic rings. The lowest BCUT2D eigenvalue weighted by Crippen LogP contribution is -2.14. The fourth-order valence-corrected chi connectivity index (χ4v) is 2.44. The quantitative estimate of drug-likeness (QED) is 0.837. The molecule has 0 spiro atoms. The largest absolute Gasteiger partial charge is 0.496 e. The summed E-state index contributed by atoms with van der Waals surface area (Å²) in [5.41, 5.74) is 7.69. The van der Waals surface area contributed by atoms with Crippen LogP contribution in [0.3, 0.4) is 0 Å². The average Bonchev–Trinajstić information content (AvgIpc) is 2.38. The number of carbonyl (C=O) groups is 1. The highest BCUT2D eigenvalue weighted by molar-refractivity contribution is 9.10. The minimum atomic E-state index is -0.868. The van der Waals surface area contributed by atoms with Gasteiger partial charge in [-0.1, -0.05) is 0 Å². The van der Waals surface area contributed by atoms with Crippen molar-refractivity contribution in [3.63, 3.8) is 0 Å². The molecule has 1 aromatic carbocycles. The maximum atomic E-state index is 10.6. The summed E-state index contributed by atoms with van der Waals surface area (Å²) in [7, 11) is 3.13. The van der Waals surface area contributed by atoms with E-state index in [9.17, 15) is 4.79 Å². The van der Waals surface area contributed by atoms with Crippen LogP contribution in [-0.2, 0) is 4.79 Å². The molecule has 0 aromatic heterocycles. The number of rotatable bonds is 6. The molecule has 0 amide bonds. The molecule has 0 aliphatic carbocycles. The number of methoxy groups -OCH3 is 2. The summed E-state index contributed by atoms with van der Waals surface area (Å²) in [5, 5.41) is 8.71. The van der Waals surface area contributed by atoms with Gasteiger partial charge in [0.2, 0.25) is 0 Å². The fraction of sp³-hybridized carbons (Fsp3) is 0.462. The first-order chi connectivity index (χ1) is 8.92. The Kier molecular flexibility index (Phi) is 5.62. The number of aliphatic carboxylic acids is 1. The van der Waals surface area contributed by atoms with Gasteiger partial charge in [0.05, 0.1) is 18.7 Å². The zero-order chi connectivity index (χ0) is 14.6. The van der Waals surface area contributed by atoms with Crippen molar-refractivity contribution in [2.75, 3.05) is 14.2 Å². The minimum Gasteiger partial charge on any atom is -0.496 e. The maximum absolute atomic E-state index is 10.6. The summed E-state index contributed by atoms with van der Waals surface area (Å²) >= 11 is 3.45. The number of hydrogen-bond donors (Lipinski definition) is 2. The van der Waals surface area contributed by atoms with Crippen LogP contribution < -0.4 is 15.2 Å². The predicted octanol–water partition coefficient (Wildman–Crippen LogP) is 2.64. The number of hydrogen-bond acceptors (Lipinski definition) is 4. The number of benzene rings is 1. The number of carboxylic acid groups (broad SMARTS) is 1. The van der Waals surface area contributed by atoms with Gasteiger partial charge in [-0.05, 0) is 35.3 Å². The van der Waals surface area contributed by atoms with Gasteiger partial charge in [-0.25, -0.2) is 0 Å². The van der Waals surface area contributed by atoms with Crippen molar-refractivity contribution in [3.8, 4) is 11.5 Å². The summed E-state index contributed by atoms with van der Waals surface area (Å²) in [5.74, 6) is 0.442. The van der Waals surface area contributed by atoms with Crippen molar-refractivity contribution in [2.45, 2.75) is 25.8 Å². The average molecular weight is 332 g/mol. The zero-order valence-corrected chi connectivity index (χ0v) is 12.8. The lowest BCUT2D eigenvalue weighted by molar-refractivity contribution is -0.137. The Balaban J connectivity index is 3.17. The fourth-order valence-electron chi connectivity index (χ4n) is 1.85. The van der Waals surface area contributed by atoms with Crippen LogP contribution in [0.5, 0.6) is 11.5 Å². The van der Waals surface area contributed by atoms with E-state index in [1.807, 2.05) is 6.92 Å². The molecule has 0 aliphatic heterocycles. The second-order valence-corrected chi connectivity index (χ2v) is 4.97. The maximum Gasteiger partial charge on any atom is 0.303 e. The topological polar surface area (TPSA) is 81.8 Å². The Bertz CT molecular complexity index is 476. The SMILES string of the molecule is COc1cc(C(N)CCC(=O)O)c(OC)c(Br)c1C. The van der Waals surface area contributed by atoms with Gasteiger partial charge >= 0.3 is 5.97 Å². The Morgan fingerprint density at radius 3 is 2.58 bits per heavy atom. The number of halogens is 1. The van der Waals surface area contributed by atoms with Gasteiger partial charge in [0.15, 0.2) is 0 Å². The van der Waals surface area contributed by atoms with E-state index in [1.54, 1.807) is 20.3 Å². The van der Waals surface area contributed by atoms with Crippen molar-refractivity contribution in [2.24, 2.45) is 5.73 Å². The van der Waals surface area contributed by atoms with Crippen molar-refractivity contribution in [3.05, 3.63) is 21.7 Å². The molecule has 6 heteroatoms. The summed E-state index contributed by atoms with van der Waals surface area (Å²) in [6.07, 6.45) is 0.350. The van der Waals surface area contributed by atoms with Gasteiger partial charge in [0.1, 0.15) is 11.5 Å². The lowest BCUT2D eigenvalue weighted by Gasteiger charge is -2.19. The second-order valence-electron chi connectivity index (χ2n) is 4.18. The highest BCUT2D eigenvalue weighted by Gasteiger charge is 2.20. The second kappa shape index (κ2) is 6.77. The molecule has 1 unspecified atom stereocenters. The molecule has 106 valence electrons. The number of nitrogens with two attached hydrogens (primary N) is 1. The monoisotopic (exact) mass is 331 g/mol. The standard InChI is InChI=1S/C13H18BrNO4/c1-7-10(18-2)6-8(13(19-3)12(7)14)9(15)4-5-11(16)17/h6,9H,4-5,15H2,1-3H3,(H,16,17). The van der Waals surface area contributed by atoms with Crippen molar-refractivity contribution >= 4 is 21.9 Å². The van der Waals surface area contributed by atoms with E-state index in [0.29, 0.717) is 17.9 Å². The van der Waals surface area contributed by atoms with Gasteiger partial charge in [-0.15, -0.1) is 0 Å². The molecular formula is C13H18BrNO4. The third-order valence-corrected chi connectivity index (χ3v) is 3.89. The van der Waals surface area contributed by atoms with E-state index in [2.05, 4.69) is 15.9 Å². The molecule has 0 bridgehead atoms. The third kappa shape index (κ3) is 3.61. The van der Waals surface area contributed by atoms with Gasteiger partial charge in [-0.3, -0.25) is 4.79 Å². The highest BCUT2D eigenvalue weighted by atomic mass is 79.9. The number of carboxylic acids is 1. The highest BCUT2D eigenvalue weighted by Crippen LogP contribution is 2.40. The first kappa shape index (κ1) is 15.8. The molecule has 0 heterocycles. The Labute approximate surface area is 120 Å². The predicted molar refractivity (Wildman–Crippen MR) is 75.8 cm³/mol. The first-order valence-electron chi connectivity index (χ1n) is 5.80. The van der Waals surface area contributed by atoms with Gasteiger partial charge in [0.25, 0.3) is 0 Å². The van der Waals surface area contributed by atoms with Crippen LogP contribution in [0.25, 0.3) is 0 Å². The van der Waals surface area contributed by atoms with Gasteiger partial charge in [-0.2, -0.15) is 0 Å². The van der Waals surface area contributed by atoms with Crippen LogP contribution >= 0.6 is 15.9 Å². The summed E-state index contributed by atoms with van der Waals surface area (Å²) in [6, 6.07) is 1.38. The molecule has 0 saturated carbocycles. The number of ether oxygens (including phenoxy) is 2. The van der Waals surface area contributed by atoms with E-state index in [4.69, 9.17) is 20.3 Å². The Morgan fingerprint density at radius 2 is 2.11 bits per heavy atom. The molecule has 0 saturated heterocycles. The van der Waals surface area contributed by atoms with E-state index in [1.165, 1.54) is 0 Å². The van der Waals surface area contributed by atoms with E-state index < -0.39 is 12.0 Å². The summed E-state index contributed by atoms with van der Waals surface area (Å²) in [6.45, 7) is 1.90. The lowest BCUT2D eigenvalue weighted by atomic mass is 9.99. The Hall–Kier alpha value is -1.27. The van der Waals surface area contributed by atoms with Crippen molar-refractivity contribution in [1.29, 1.82) is 0 Å². The van der Waals surface area contributed by atoms with Crippen LogP contribution in [0.4, 0.5) is 0 Å². The van der Waals surface area contributed by atoms with Crippen LogP contribution in [0.1, 0.15) is 30.0 Å². The molecular weight excluding hydrogens is 314 g/mol. The summed E-state index contributed by atoms with van der Waals surface area (Å²) in [4.78, 5) is 10.6. The van der Waals surface area contributed by atoms with Crippen LogP contribution in [-0.4, -0.2) is 25.3 Å². The molecule has 1 atom stereocenters. The normalized spacial score (nSPS) is 12.1. The third-order valence-electron chi connectivity index (χ3n) is 2.94. The van der Waals surface area contributed by atoms with Crippen molar-refractivity contribution in [1.82, 2.24) is 0 Å². The molecule has 3 N–H and O–H groups in total. The van der Waals surface area contributed by atoms with Crippen LogP contribution in [0.2, 0.25) is 0 Å². The Morgan fingerprint density at radius 1 is 1.47 bits per heavy atom. The smallest absolute Gasteiger partial charge is 0.303 e. The molecule has 0 radical (unpaired) electrons. The molecule has 5 nitrogen and oxygen atoms in total. The molecule has 19 heavy (non-hydrogen) atoms. The zero-order valence-electron chi connectivity index (χ0n) is 11.2. The van der Waals surface area contributed by atoms with E-state index in [-0.39, 0.29) is 6.42 Å². The van der Waals surface area contributed by atoms with Crippen LogP contribution in [0.15, 0.2) is 10.5 Å². The molecule has 0 fully saturated rings. The minimum absolute atomic E-state index is 0.0120. The van der Waals surface area contributed by atoms with Gasteiger partial charge in [0, 0.05) is 23.6 Å². The molecule has 1 aromatic rings. The summed E-state index contributed by atoms with van der Waals surface area (Å²) < 4.78 is 11.4. The van der Waals surface area contributed by atoms with Crippen molar-refractivity contribution < 1.29 is 19.4 Å². The first-order valence-corrected chi connectivity index (χ1v) is 6.60. The van der Waals surface area contributed by atoms with E-state index >= 15 is 0 Å². The van der Waals surface area contributed by atoms with Crippen LogP contribution in [0, 0.1) is 6.92 Å². The molecule has 1 rings (SSSR count).